The van der Waals surface area contributed by atoms with Gasteiger partial charge in [0, 0.05) is 25.4 Å². The molecule has 6 heteroatoms. The number of alkyl halides is 3. The highest BCUT2D eigenvalue weighted by Gasteiger charge is 2.46. The summed E-state index contributed by atoms with van der Waals surface area (Å²) >= 11 is 0. The Balaban J connectivity index is 2.27. The fourth-order valence-corrected chi connectivity index (χ4v) is 2.58. The van der Waals surface area contributed by atoms with Crippen LogP contribution in [0.2, 0.25) is 0 Å². The first-order valence-corrected chi connectivity index (χ1v) is 7.38. The third-order valence-electron chi connectivity index (χ3n) is 3.85. The fourth-order valence-electron chi connectivity index (χ4n) is 2.58. The lowest BCUT2D eigenvalue weighted by Crippen LogP contribution is -2.38. The summed E-state index contributed by atoms with van der Waals surface area (Å²) in [5.41, 5.74) is 0. The van der Waals surface area contributed by atoms with Crippen LogP contribution in [0.4, 0.5) is 13.2 Å². The second-order valence-corrected chi connectivity index (χ2v) is 5.54. The zero-order chi connectivity index (χ0) is 15.2. The van der Waals surface area contributed by atoms with Crippen LogP contribution in [0.25, 0.3) is 0 Å². The normalized spacial score (nSPS) is 21.2. The molecule has 1 heterocycles. The van der Waals surface area contributed by atoms with E-state index < -0.39 is 18.2 Å². The number of aliphatic hydroxyl groups is 1. The molecule has 1 saturated heterocycles. The molecule has 2 atom stereocenters. The monoisotopic (exact) mass is 295 g/mol. The minimum atomic E-state index is -4.59. The molecule has 0 aromatic rings. The number of likely N-dealkylation sites (tertiary alicyclic amines) is 1. The number of unbranched alkanes of at least 4 members (excludes halogenated alkanes) is 4. The molecule has 0 saturated carbocycles. The van der Waals surface area contributed by atoms with Gasteiger partial charge in [0.15, 0.2) is 6.10 Å². The maximum absolute atomic E-state index is 12.4. The van der Waals surface area contributed by atoms with E-state index in [4.69, 9.17) is 0 Å². The number of carbonyl (C=O) groups is 1. The SMILES string of the molecule is CCCCCCCC(=O)N1CCC(C(O)C(F)(F)F)C1. The minimum absolute atomic E-state index is 0.0223. The van der Waals surface area contributed by atoms with Crippen molar-refractivity contribution in [3.63, 3.8) is 0 Å². The van der Waals surface area contributed by atoms with Gasteiger partial charge in [0.1, 0.15) is 0 Å². The van der Waals surface area contributed by atoms with Crippen molar-refractivity contribution in [3.8, 4) is 0 Å². The highest BCUT2D eigenvalue weighted by molar-refractivity contribution is 5.76. The Bertz CT molecular complexity index is 307. The molecule has 20 heavy (non-hydrogen) atoms. The van der Waals surface area contributed by atoms with Gasteiger partial charge in [-0.3, -0.25) is 4.79 Å². The molecule has 0 aromatic carbocycles. The maximum atomic E-state index is 12.4. The van der Waals surface area contributed by atoms with Crippen LogP contribution in [0.5, 0.6) is 0 Å². The van der Waals surface area contributed by atoms with Crippen LogP contribution in [-0.4, -0.2) is 41.3 Å². The van der Waals surface area contributed by atoms with E-state index in [0.29, 0.717) is 13.0 Å². The van der Waals surface area contributed by atoms with Crippen LogP contribution in [0.1, 0.15) is 51.9 Å². The number of nitrogens with zero attached hydrogens (tertiary/aromatic N) is 1. The summed E-state index contributed by atoms with van der Waals surface area (Å²) < 4.78 is 37.2. The molecule has 0 aliphatic carbocycles. The van der Waals surface area contributed by atoms with E-state index in [1.54, 1.807) is 0 Å². The Hall–Kier alpha value is -0.780. The van der Waals surface area contributed by atoms with Crippen molar-refractivity contribution in [1.82, 2.24) is 4.90 Å². The molecule has 1 amide bonds. The topological polar surface area (TPSA) is 40.5 Å². The molecule has 1 rings (SSSR count). The van der Waals surface area contributed by atoms with Crippen molar-refractivity contribution < 1.29 is 23.1 Å². The van der Waals surface area contributed by atoms with Crippen LogP contribution in [-0.2, 0) is 4.79 Å². The molecule has 1 aliphatic rings. The average molecular weight is 295 g/mol. The third-order valence-corrected chi connectivity index (χ3v) is 3.85. The molecule has 1 fully saturated rings. The Morgan fingerprint density at radius 3 is 2.55 bits per heavy atom. The number of amides is 1. The summed E-state index contributed by atoms with van der Waals surface area (Å²) in [5.74, 6) is -0.961. The van der Waals surface area contributed by atoms with Gasteiger partial charge in [-0.05, 0) is 12.8 Å². The van der Waals surface area contributed by atoms with Gasteiger partial charge in [0.2, 0.25) is 5.91 Å². The standard InChI is InChI=1S/C14H24F3NO2/c1-2-3-4-5-6-7-12(19)18-9-8-11(10-18)13(20)14(15,16)17/h11,13,20H,2-10H2,1H3. The van der Waals surface area contributed by atoms with Gasteiger partial charge in [0.25, 0.3) is 0 Å². The molecular formula is C14H24F3NO2. The predicted octanol–water partition coefficient (Wildman–Crippen LogP) is 3.12. The van der Waals surface area contributed by atoms with E-state index >= 15 is 0 Å². The third kappa shape index (κ3) is 5.31. The van der Waals surface area contributed by atoms with Gasteiger partial charge in [-0.2, -0.15) is 13.2 Å². The van der Waals surface area contributed by atoms with Crippen LogP contribution < -0.4 is 0 Å². The number of carbonyl (C=O) groups excluding carboxylic acids is 1. The van der Waals surface area contributed by atoms with Crippen molar-refractivity contribution in [2.24, 2.45) is 5.92 Å². The first-order chi connectivity index (χ1) is 9.36. The second-order valence-electron chi connectivity index (χ2n) is 5.54. The number of hydrogen-bond donors (Lipinski definition) is 1. The number of rotatable bonds is 7. The Labute approximate surface area is 118 Å². The first-order valence-electron chi connectivity index (χ1n) is 7.38. The van der Waals surface area contributed by atoms with Crippen molar-refractivity contribution >= 4 is 5.91 Å². The highest BCUT2D eigenvalue weighted by Crippen LogP contribution is 2.31. The molecule has 1 N–H and O–H groups in total. The van der Waals surface area contributed by atoms with E-state index in [-0.39, 0.29) is 18.9 Å². The fraction of sp³-hybridized carbons (Fsp3) is 0.929. The van der Waals surface area contributed by atoms with Crippen LogP contribution >= 0.6 is 0 Å². The summed E-state index contributed by atoms with van der Waals surface area (Å²) in [5, 5.41) is 9.20. The van der Waals surface area contributed by atoms with Gasteiger partial charge in [-0.1, -0.05) is 32.6 Å². The first kappa shape index (κ1) is 17.3. The van der Waals surface area contributed by atoms with Crippen molar-refractivity contribution in [3.05, 3.63) is 0 Å². The van der Waals surface area contributed by atoms with E-state index in [1.165, 1.54) is 4.90 Å². The number of halogens is 3. The lowest BCUT2D eigenvalue weighted by Gasteiger charge is -2.21. The Morgan fingerprint density at radius 2 is 1.95 bits per heavy atom. The van der Waals surface area contributed by atoms with Crippen LogP contribution in [0.3, 0.4) is 0 Å². The maximum Gasteiger partial charge on any atom is 0.414 e. The molecule has 0 bridgehead atoms. The van der Waals surface area contributed by atoms with Crippen molar-refractivity contribution in [2.45, 2.75) is 64.1 Å². The summed E-state index contributed by atoms with van der Waals surface area (Å²) in [4.78, 5) is 13.3. The van der Waals surface area contributed by atoms with Gasteiger partial charge < -0.3 is 10.0 Å². The molecule has 0 spiro atoms. The zero-order valence-electron chi connectivity index (χ0n) is 12.0. The van der Waals surface area contributed by atoms with E-state index in [0.717, 1.165) is 32.1 Å². The lowest BCUT2D eigenvalue weighted by molar-refractivity contribution is -0.218. The summed E-state index contributed by atoms with van der Waals surface area (Å²) in [7, 11) is 0. The molecule has 118 valence electrons. The minimum Gasteiger partial charge on any atom is -0.383 e. The lowest BCUT2D eigenvalue weighted by atomic mass is 10.0. The summed E-state index contributed by atoms with van der Waals surface area (Å²) in [6, 6.07) is 0. The smallest absolute Gasteiger partial charge is 0.383 e. The van der Waals surface area contributed by atoms with Crippen LogP contribution in [0, 0.1) is 5.92 Å². The summed E-state index contributed by atoms with van der Waals surface area (Å²) in [6.45, 7) is 2.46. The molecule has 0 aromatic heterocycles. The highest BCUT2D eigenvalue weighted by atomic mass is 19.4. The second kappa shape index (κ2) is 7.86. The van der Waals surface area contributed by atoms with Gasteiger partial charge in [-0.15, -0.1) is 0 Å². The van der Waals surface area contributed by atoms with E-state index in [2.05, 4.69) is 6.92 Å². The van der Waals surface area contributed by atoms with Crippen molar-refractivity contribution in [2.75, 3.05) is 13.1 Å². The van der Waals surface area contributed by atoms with Crippen molar-refractivity contribution in [1.29, 1.82) is 0 Å². The Morgan fingerprint density at radius 1 is 1.30 bits per heavy atom. The van der Waals surface area contributed by atoms with Gasteiger partial charge in [0.05, 0.1) is 0 Å². The van der Waals surface area contributed by atoms with Gasteiger partial charge in [-0.25, -0.2) is 0 Å². The molecule has 2 unspecified atom stereocenters. The number of aliphatic hydroxyl groups excluding tert-OH is 1. The molecular weight excluding hydrogens is 271 g/mol. The van der Waals surface area contributed by atoms with Crippen LogP contribution in [0.15, 0.2) is 0 Å². The zero-order valence-corrected chi connectivity index (χ0v) is 12.0. The molecule has 0 radical (unpaired) electrons. The predicted molar refractivity (Wildman–Crippen MR) is 70.1 cm³/mol. The van der Waals surface area contributed by atoms with Gasteiger partial charge >= 0.3 is 6.18 Å². The average Bonchev–Trinajstić information content (AvgIpc) is 2.85. The quantitative estimate of drug-likeness (QED) is 0.733. The molecule has 1 aliphatic heterocycles. The Kier molecular flexibility index (Phi) is 6.79. The van der Waals surface area contributed by atoms with E-state index in [9.17, 15) is 23.1 Å². The summed E-state index contributed by atoms with van der Waals surface area (Å²) in [6.07, 6.45) is -1.12. The molecule has 3 nitrogen and oxygen atoms in total. The largest absolute Gasteiger partial charge is 0.414 e. The number of hydrogen-bond acceptors (Lipinski definition) is 2. The van der Waals surface area contributed by atoms with E-state index in [1.807, 2.05) is 0 Å².